The molecule has 33 heavy (non-hydrogen) atoms. The molecule has 0 atom stereocenters. The number of carbonyl (C=O) groups excluding carboxylic acids is 1. The molecule has 0 saturated carbocycles. The van der Waals surface area contributed by atoms with Crippen molar-refractivity contribution in [2.75, 3.05) is 19.6 Å². The van der Waals surface area contributed by atoms with E-state index in [1.165, 1.54) is 10.5 Å². The van der Waals surface area contributed by atoms with Gasteiger partial charge in [0.25, 0.3) is 10.0 Å². The van der Waals surface area contributed by atoms with E-state index in [2.05, 4.69) is 34.4 Å². The summed E-state index contributed by atoms with van der Waals surface area (Å²) in [5.41, 5.74) is 2.77. The largest absolute Gasteiger partial charge is 0.342 e. The van der Waals surface area contributed by atoms with E-state index in [-0.39, 0.29) is 16.2 Å². The number of pyridine rings is 1. The Balaban J connectivity index is 1.36. The SMILES string of the molecule is CC1(C)CC(=O)C2=C(C1)NC1=C(CN=N1)C21CCN(S(=O)(=O)c2cnc3ccccn23)CC1. The third kappa shape index (κ3) is 2.96. The van der Waals surface area contributed by atoms with Crippen LogP contribution in [0.25, 0.3) is 5.65 Å². The second-order valence-electron chi connectivity index (χ2n) is 10.2. The molecule has 1 fully saturated rings. The summed E-state index contributed by atoms with van der Waals surface area (Å²) in [7, 11) is -3.73. The van der Waals surface area contributed by atoms with E-state index in [1.807, 2.05) is 6.07 Å². The number of hydrogen-bond donors (Lipinski definition) is 1. The van der Waals surface area contributed by atoms with Gasteiger partial charge in [0.1, 0.15) is 5.65 Å². The molecule has 172 valence electrons. The highest BCUT2D eigenvalue weighted by atomic mass is 32.2. The van der Waals surface area contributed by atoms with Gasteiger partial charge in [0.15, 0.2) is 16.6 Å². The van der Waals surface area contributed by atoms with Crippen LogP contribution in [0.4, 0.5) is 0 Å². The topological polar surface area (TPSA) is 108 Å². The Kier molecular flexibility index (Phi) is 4.29. The minimum Gasteiger partial charge on any atom is -0.342 e. The van der Waals surface area contributed by atoms with E-state index in [0.29, 0.717) is 44.5 Å². The smallest absolute Gasteiger partial charge is 0.260 e. The normalized spacial score (nSPS) is 24.4. The number of aromatic nitrogens is 2. The van der Waals surface area contributed by atoms with Crippen molar-refractivity contribution in [3.05, 3.63) is 53.3 Å². The molecule has 4 aliphatic rings. The summed E-state index contributed by atoms with van der Waals surface area (Å²) >= 11 is 0. The highest BCUT2D eigenvalue weighted by Gasteiger charge is 2.53. The number of nitrogens with one attached hydrogen (secondary N) is 1. The lowest BCUT2D eigenvalue weighted by molar-refractivity contribution is -0.119. The lowest BCUT2D eigenvalue weighted by Crippen LogP contribution is -2.50. The maximum absolute atomic E-state index is 13.5. The zero-order chi connectivity index (χ0) is 23.0. The van der Waals surface area contributed by atoms with Crippen molar-refractivity contribution in [1.82, 2.24) is 19.0 Å². The van der Waals surface area contributed by atoms with Crippen molar-refractivity contribution >= 4 is 21.5 Å². The predicted octanol–water partition coefficient (Wildman–Crippen LogP) is 3.03. The van der Waals surface area contributed by atoms with Crippen LogP contribution in [0.1, 0.15) is 39.5 Å². The van der Waals surface area contributed by atoms with Crippen LogP contribution < -0.4 is 5.32 Å². The fraction of sp³-hybridized carbons (Fsp3) is 0.478. The quantitative estimate of drug-likeness (QED) is 0.732. The summed E-state index contributed by atoms with van der Waals surface area (Å²) < 4.78 is 30.2. The molecule has 2 aromatic rings. The lowest BCUT2D eigenvalue weighted by atomic mass is 9.60. The summed E-state index contributed by atoms with van der Waals surface area (Å²) in [6.07, 6.45) is 5.48. The molecule has 0 bridgehead atoms. The van der Waals surface area contributed by atoms with Gasteiger partial charge in [0, 0.05) is 48.0 Å². The predicted molar refractivity (Wildman–Crippen MR) is 121 cm³/mol. The van der Waals surface area contributed by atoms with Crippen molar-refractivity contribution in [2.24, 2.45) is 21.1 Å². The third-order valence-electron chi connectivity index (χ3n) is 7.45. The van der Waals surface area contributed by atoms with Crippen LogP contribution in [-0.4, -0.2) is 47.5 Å². The summed E-state index contributed by atoms with van der Waals surface area (Å²) in [6.45, 7) is 5.32. The molecule has 0 aromatic carbocycles. The number of azo groups is 1. The number of hydrogen-bond acceptors (Lipinski definition) is 7. The summed E-state index contributed by atoms with van der Waals surface area (Å²) in [6, 6.07) is 5.40. The van der Waals surface area contributed by atoms with Crippen LogP contribution in [-0.2, 0) is 14.8 Å². The van der Waals surface area contributed by atoms with Crippen LogP contribution in [0.3, 0.4) is 0 Å². The Bertz CT molecular complexity index is 1390. The van der Waals surface area contributed by atoms with Crippen LogP contribution >= 0.6 is 0 Å². The molecule has 1 saturated heterocycles. The zero-order valence-electron chi connectivity index (χ0n) is 18.7. The van der Waals surface area contributed by atoms with E-state index < -0.39 is 15.4 Å². The molecular formula is C23H26N6O3S. The standard InChI is InChI=1S/C23H26N6O3S/c1-22(2)11-16-20(17(30)12-22)23(15-13-25-27-21(15)26-16)6-9-28(10-7-23)33(31,32)19-14-24-18-5-3-4-8-29(18)19/h3-5,8,14,26H,6-7,9-13H2,1-2H3. The van der Waals surface area contributed by atoms with Gasteiger partial charge in [0.2, 0.25) is 0 Å². The molecule has 6 rings (SSSR count). The van der Waals surface area contributed by atoms with E-state index in [0.717, 1.165) is 29.1 Å². The van der Waals surface area contributed by atoms with Crippen molar-refractivity contribution in [3.63, 3.8) is 0 Å². The average molecular weight is 467 g/mol. The van der Waals surface area contributed by atoms with E-state index in [9.17, 15) is 13.2 Å². The third-order valence-corrected chi connectivity index (χ3v) is 9.32. The molecular weight excluding hydrogens is 440 g/mol. The molecule has 0 amide bonds. The maximum atomic E-state index is 13.5. The zero-order valence-corrected chi connectivity index (χ0v) is 19.5. The molecule has 0 unspecified atom stereocenters. The number of rotatable bonds is 2. The number of carbonyl (C=O) groups is 1. The maximum Gasteiger partial charge on any atom is 0.260 e. The fourth-order valence-corrected chi connectivity index (χ4v) is 7.48. The molecule has 1 N–H and O–H groups in total. The minimum absolute atomic E-state index is 0.120. The Morgan fingerprint density at radius 3 is 2.70 bits per heavy atom. The number of fused-ring (bicyclic) bond motifs is 3. The molecule has 10 heteroatoms. The number of ketones is 1. The Hall–Kier alpha value is -2.85. The Labute approximate surface area is 192 Å². The van der Waals surface area contributed by atoms with Gasteiger partial charge in [-0.2, -0.15) is 9.42 Å². The Morgan fingerprint density at radius 1 is 1.12 bits per heavy atom. The average Bonchev–Trinajstić information content (AvgIpc) is 3.40. The summed E-state index contributed by atoms with van der Waals surface area (Å²) in [4.78, 5) is 17.6. The molecule has 3 aliphatic heterocycles. The lowest BCUT2D eigenvalue weighted by Gasteiger charge is -2.48. The minimum atomic E-state index is -3.73. The van der Waals surface area contributed by atoms with Gasteiger partial charge in [-0.05, 0) is 36.8 Å². The summed E-state index contributed by atoms with van der Waals surface area (Å²) in [5.74, 6) is 0.905. The fourth-order valence-electron chi connectivity index (χ4n) is 5.96. The van der Waals surface area contributed by atoms with Crippen LogP contribution in [0.2, 0.25) is 0 Å². The van der Waals surface area contributed by atoms with Crippen molar-refractivity contribution in [1.29, 1.82) is 0 Å². The van der Waals surface area contributed by atoms with Crippen molar-refractivity contribution in [3.8, 4) is 0 Å². The molecule has 2 aromatic heterocycles. The first-order valence-corrected chi connectivity index (χ1v) is 12.7. The molecule has 9 nitrogen and oxygen atoms in total. The number of nitrogens with zero attached hydrogens (tertiary/aromatic N) is 5. The van der Waals surface area contributed by atoms with Gasteiger partial charge >= 0.3 is 0 Å². The molecule has 5 heterocycles. The van der Waals surface area contributed by atoms with Gasteiger partial charge in [0.05, 0.1) is 12.7 Å². The number of dihydropyridines is 1. The number of allylic oxidation sites excluding steroid dienone is 2. The van der Waals surface area contributed by atoms with Gasteiger partial charge in [-0.3, -0.25) is 9.20 Å². The van der Waals surface area contributed by atoms with Gasteiger partial charge in [-0.25, -0.2) is 13.4 Å². The van der Waals surface area contributed by atoms with Gasteiger partial charge in [-0.1, -0.05) is 19.9 Å². The van der Waals surface area contributed by atoms with Crippen LogP contribution in [0.15, 0.2) is 68.5 Å². The van der Waals surface area contributed by atoms with Crippen molar-refractivity contribution in [2.45, 2.75) is 44.6 Å². The number of imidazole rings is 1. The van der Waals surface area contributed by atoms with Crippen LogP contribution in [0, 0.1) is 10.8 Å². The first-order chi connectivity index (χ1) is 15.7. The first-order valence-electron chi connectivity index (χ1n) is 11.3. The van der Waals surface area contributed by atoms with Crippen LogP contribution in [0.5, 0.6) is 0 Å². The second-order valence-corrected chi connectivity index (χ2v) is 12.0. The van der Waals surface area contributed by atoms with Gasteiger partial charge < -0.3 is 5.32 Å². The number of Topliss-reactive ketones (excluding diaryl/α,β-unsaturated/α-hetero) is 1. The molecule has 0 radical (unpaired) electrons. The second kappa shape index (κ2) is 6.83. The first kappa shape index (κ1) is 20.7. The van der Waals surface area contributed by atoms with E-state index in [4.69, 9.17) is 0 Å². The number of sulfonamides is 1. The van der Waals surface area contributed by atoms with Crippen molar-refractivity contribution < 1.29 is 13.2 Å². The van der Waals surface area contributed by atoms with E-state index >= 15 is 0 Å². The van der Waals surface area contributed by atoms with E-state index in [1.54, 1.807) is 22.7 Å². The highest BCUT2D eigenvalue weighted by Crippen LogP contribution is 2.55. The summed E-state index contributed by atoms with van der Waals surface area (Å²) in [5, 5.41) is 12.1. The number of piperidine rings is 1. The highest BCUT2D eigenvalue weighted by molar-refractivity contribution is 7.89. The van der Waals surface area contributed by atoms with Gasteiger partial charge in [-0.15, -0.1) is 5.11 Å². The molecule has 1 spiro atoms. The monoisotopic (exact) mass is 466 g/mol. The Morgan fingerprint density at radius 2 is 1.91 bits per heavy atom. The molecule has 1 aliphatic carbocycles.